The minimum Gasteiger partial charge on any atom is -0.372 e. The molecule has 2 atom stereocenters. The third kappa shape index (κ3) is 5.69. The molecule has 36 heavy (non-hydrogen) atoms. The molecule has 0 aliphatic carbocycles. The summed E-state index contributed by atoms with van der Waals surface area (Å²) in [6.45, 7) is 7.25. The van der Waals surface area contributed by atoms with Gasteiger partial charge >= 0.3 is 0 Å². The third-order valence-corrected chi connectivity index (χ3v) is 7.97. The van der Waals surface area contributed by atoms with E-state index < -0.39 is 0 Å². The zero-order valence-corrected chi connectivity index (χ0v) is 22.3. The fourth-order valence-electron chi connectivity index (χ4n) is 4.35. The zero-order valence-electron chi connectivity index (χ0n) is 20.6. The number of benzene rings is 2. The summed E-state index contributed by atoms with van der Waals surface area (Å²) in [6, 6.07) is 18.7. The van der Waals surface area contributed by atoms with E-state index in [9.17, 15) is 4.79 Å². The van der Waals surface area contributed by atoms with Crippen LogP contribution in [0, 0.1) is 6.92 Å². The van der Waals surface area contributed by atoms with Crippen LogP contribution in [-0.4, -0.2) is 55.9 Å². The van der Waals surface area contributed by atoms with Crippen LogP contribution in [0.3, 0.4) is 0 Å². The van der Waals surface area contributed by atoms with E-state index >= 15 is 0 Å². The predicted molar refractivity (Wildman–Crippen MR) is 143 cm³/mol. The minimum absolute atomic E-state index is 0.0301. The van der Waals surface area contributed by atoms with Crippen molar-refractivity contribution in [3.63, 3.8) is 0 Å². The number of nitrogens with zero attached hydrogens (tertiary/aromatic N) is 5. The van der Waals surface area contributed by atoms with Crippen molar-refractivity contribution in [1.82, 2.24) is 24.6 Å². The molecule has 1 aliphatic heterocycles. The van der Waals surface area contributed by atoms with Gasteiger partial charge in [-0.25, -0.2) is 4.98 Å². The van der Waals surface area contributed by atoms with E-state index in [1.807, 2.05) is 42.3 Å². The van der Waals surface area contributed by atoms with Gasteiger partial charge in [0.1, 0.15) is 16.5 Å². The van der Waals surface area contributed by atoms with Gasteiger partial charge in [0.25, 0.3) is 5.91 Å². The Kier molecular flexibility index (Phi) is 7.50. The van der Waals surface area contributed by atoms with Crippen LogP contribution in [0.25, 0.3) is 5.69 Å². The van der Waals surface area contributed by atoms with Crippen LogP contribution < -0.4 is 0 Å². The van der Waals surface area contributed by atoms with Gasteiger partial charge in [0.15, 0.2) is 5.16 Å². The van der Waals surface area contributed by atoms with Crippen LogP contribution in [-0.2, 0) is 16.9 Å². The second-order valence-electron chi connectivity index (χ2n) is 9.11. The standard InChI is InChI=1S/C27H29N5O2S2/c1-18-9-11-22(12-10-18)32-24(13-21-7-5-4-6-8-21)29-30-27(32)36-17-25-28-23(16-35-25)26(33)31-14-19(2)34-20(3)15-31/h4-12,16,19-20H,13-15,17H2,1-3H3. The molecular formula is C27H29N5O2S2. The van der Waals surface area contributed by atoms with Crippen molar-refractivity contribution in [2.45, 2.75) is 50.3 Å². The third-order valence-electron chi connectivity index (χ3n) is 6.00. The molecule has 7 nitrogen and oxygen atoms in total. The molecule has 1 aliphatic rings. The summed E-state index contributed by atoms with van der Waals surface area (Å²) in [5.41, 5.74) is 3.92. The van der Waals surface area contributed by atoms with Crippen LogP contribution in [0.15, 0.2) is 65.1 Å². The molecule has 1 fully saturated rings. The molecule has 4 aromatic rings. The van der Waals surface area contributed by atoms with Crippen molar-refractivity contribution < 1.29 is 9.53 Å². The number of aromatic nitrogens is 4. The van der Waals surface area contributed by atoms with Crippen LogP contribution >= 0.6 is 23.1 Å². The van der Waals surface area contributed by atoms with E-state index in [0.29, 0.717) is 31.0 Å². The van der Waals surface area contributed by atoms with E-state index in [0.717, 1.165) is 21.7 Å². The van der Waals surface area contributed by atoms with E-state index in [-0.39, 0.29) is 18.1 Å². The number of hydrogen-bond acceptors (Lipinski definition) is 7. The van der Waals surface area contributed by atoms with Crippen molar-refractivity contribution in [3.05, 3.63) is 87.6 Å². The number of aryl methyl sites for hydroxylation is 1. The molecule has 2 aromatic heterocycles. The van der Waals surface area contributed by atoms with Gasteiger partial charge in [-0.05, 0) is 38.5 Å². The molecule has 9 heteroatoms. The number of ether oxygens (including phenoxy) is 1. The highest BCUT2D eigenvalue weighted by Gasteiger charge is 2.28. The summed E-state index contributed by atoms with van der Waals surface area (Å²) in [6.07, 6.45) is 0.753. The van der Waals surface area contributed by atoms with Gasteiger partial charge < -0.3 is 9.64 Å². The topological polar surface area (TPSA) is 73.1 Å². The smallest absolute Gasteiger partial charge is 0.273 e. The molecule has 1 saturated heterocycles. The SMILES string of the molecule is Cc1ccc(-n2c(Cc3ccccc3)nnc2SCc2nc(C(=O)N3CC(C)OC(C)C3)cs2)cc1. The lowest BCUT2D eigenvalue weighted by atomic mass is 10.1. The quantitative estimate of drug-likeness (QED) is 0.314. The number of thiazole rings is 1. The Bertz CT molecular complexity index is 1310. The summed E-state index contributed by atoms with van der Waals surface area (Å²) in [5, 5.41) is 12.6. The van der Waals surface area contributed by atoms with Crippen molar-refractivity contribution in [3.8, 4) is 5.69 Å². The summed E-state index contributed by atoms with van der Waals surface area (Å²) < 4.78 is 7.88. The molecule has 186 valence electrons. The van der Waals surface area contributed by atoms with Crippen LogP contribution in [0.5, 0.6) is 0 Å². The number of rotatable bonds is 7. The Morgan fingerprint density at radius 2 is 1.78 bits per heavy atom. The molecule has 0 N–H and O–H groups in total. The fourth-order valence-corrected chi connectivity index (χ4v) is 6.10. The van der Waals surface area contributed by atoms with E-state index in [4.69, 9.17) is 4.74 Å². The van der Waals surface area contributed by atoms with Gasteiger partial charge in [0, 0.05) is 30.6 Å². The first-order chi connectivity index (χ1) is 17.5. The largest absolute Gasteiger partial charge is 0.372 e. The summed E-state index contributed by atoms with van der Waals surface area (Å²) >= 11 is 3.09. The van der Waals surface area contributed by atoms with Gasteiger partial charge in [-0.3, -0.25) is 9.36 Å². The molecule has 3 heterocycles. The summed E-state index contributed by atoms with van der Waals surface area (Å²) in [5.74, 6) is 1.47. The highest BCUT2D eigenvalue weighted by atomic mass is 32.2. The number of hydrogen-bond donors (Lipinski definition) is 0. The maximum Gasteiger partial charge on any atom is 0.273 e. The zero-order chi connectivity index (χ0) is 25.1. The minimum atomic E-state index is -0.0301. The average Bonchev–Trinajstić information content (AvgIpc) is 3.50. The Hall–Kier alpha value is -3.01. The monoisotopic (exact) mass is 519 g/mol. The van der Waals surface area contributed by atoms with Crippen LogP contribution in [0.1, 0.15) is 46.3 Å². The van der Waals surface area contributed by atoms with Gasteiger partial charge in [-0.15, -0.1) is 21.5 Å². The summed E-state index contributed by atoms with van der Waals surface area (Å²) in [7, 11) is 0. The van der Waals surface area contributed by atoms with Crippen molar-refractivity contribution in [1.29, 1.82) is 0 Å². The number of carbonyl (C=O) groups excluding carboxylic acids is 1. The van der Waals surface area contributed by atoms with Gasteiger partial charge in [0.05, 0.1) is 18.0 Å². The lowest BCUT2D eigenvalue weighted by Crippen LogP contribution is -2.48. The second-order valence-corrected chi connectivity index (χ2v) is 11.0. The second kappa shape index (κ2) is 10.9. The van der Waals surface area contributed by atoms with Crippen LogP contribution in [0.2, 0.25) is 0 Å². The van der Waals surface area contributed by atoms with E-state index in [1.165, 1.54) is 22.5 Å². The molecule has 5 rings (SSSR count). The summed E-state index contributed by atoms with van der Waals surface area (Å²) in [4.78, 5) is 19.5. The average molecular weight is 520 g/mol. The first kappa shape index (κ1) is 24.7. The van der Waals surface area contributed by atoms with E-state index in [1.54, 1.807) is 11.8 Å². The Balaban J connectivity index is 1.33. The van der Waals surface area contributed by atoms with Gasteiger partial charge in [0.2, 0.25) is 0 Å². The highest BCUT2D eigenvalue weighted by Crippen LogP contribution is 2.28. The number of thioether (sulfide) groups is 1. The van der Waals surface area contributed by atoms with Gasteiger partial charge in [-0.1, -0.05) is 59.8 Å². The Labute approximate surface area is 219 Å². The predicted octanol–water partition coefficient (Wildman–Crippen LogP) is 5.16. The molecule has 2 aromatic carbocycles. The first-order valence-corrected chi connectivity index (χ1v) is 13.9. The molecule has 0 radical (unpaired) electrons. The van der Waals surface area contributed by atoms with E-state index in [2.05, 4.69) is 63.1 Å². The molecule has 1 amide bonds. The molecule has 0 bridgehead atoms. The lowest BCUT2D eigenvalue weighted by molar-refractivity contribution is -0.0587. The number of morpholine rings is 1. The Morgan fingerprint density at radius 1 is 1.06 bits per heavy atom. The van der Waals surface area contributed by atoms with Crippen LogP contribution in [0.4, 0.5) is 0 Å². The maximum atomic E-state index is 13.0. The fraction of sp³-hybridized carbons (Fsp3) is 0.333. The molecule has 2 unspecified atom stereocenters. The van der Waals surface area contributed by atoms with Crippen molar-refractivity contribution in [2.24, 2.45) is 0 Å². The highest BCUT2D eigenvalue weighted by molar-refractivity contribution is 7.98. The molecular weight excluding hydrogens is 490 g/mol. The normalized spacial score (nSPS) is 17.9. The van der Waals surface area contributed by atoms with Crippen molar-refractivity contribution >= 4 is 29.0 Å². The maximum absolute atomic E-state index is 13.0. The molecule has 0 saturated carbocycles. The van der Waals surface area contributed by atoms with Gasteiger partial charge in [-0.2, -0.15) is 0 Å². The number of amides is 1. The Morgan fingerprint density at radius 3 is 2.50 bits per heavy atom. The molecule has 0 spiro atoms. The first-order valence-electron chi connectivity index (χ1n) is 12.0. The van der Waals surface area contributed by atoms with Crippen molar-refractivity contribution in [2.75, 3.05) is 13.1 Å². The lowest BCUT2D eigenvalue weighted by Gasteiger charge is -2.34. The number of carbonyl (C=O) groups is 1.